The Morgan fingerprint density at radius 2 is 2.08 bits per heavy atom. The molecule has 0 aliphatic rings. The van der Waals surface area contributed by atoms with Crippen molar-refractivity contribution >= 4 is 15.9 Å². The van der Waals surface area contributed by atoms with Crippen LogP contribution in [0.5, 0.6) is 5.75 Å². The predicted molar refractivity (Wildman–Crippen MR) is 55.6 cm³/mol. The van der Waals surface area contributed by atoms with E-state index in [-0.39, 0.29) is 0 Å². The summed E-state index contributed by atoms with van der Waals surface area (Å²) in [5, 5.41) is 0.974. The highest BCUT2D eigenvalue weighted by atomic mass is 28.1. The minimum Gasteiger partial charge on any atom is -0.462 e. The van der Waals surface area contributed by atoms with E-state index in [2.05, 4.69) is 10.2 Å². The summed E-state index contributed by atoms with van der Waals surface area (Å²) in [4.78, 5) is 0. The Morgan fingerprint density at radius 3 is 2.62 bits per heavy atom. The molecule has 0 atom stereocenters. The second-order valence-corrected chi connectivity index (χ2v) is 3.61. The molecule has 3 radical (unpaired) electrons. The zero-order valence-electron chi connectivity index (χ0n) is 7.79. The van der Waals surface area contributed by atoms with Gasteiger partial charge in [0.05, 0.1) is 16.0 Å². The van der Waals surface area contributed by atoms with E-state index in [9.17, 15) is 0 Å². The summed E-state index contributed by atoms with van der Waals surface area (Å²) in [6, 6.07) is 7.35. The molecule has 13 heavy (non-hydrogen) atoms. The molecule has 0 spiro atoms. The lowest BCUT2D eigenvalue weighted by Crippen LogP contribution is -1.95. The minimum absolute atomic E-state index is 0.705. The Morgan fingerprint density at radius 1 is 1.38 bits per heavy atom. The van der Waals surface area contributed by atoms with E-state index in [1.54, 1.807) is 6.07 Å². The van der Waals surface area contributed by atoms with Crippen molar-refractivity contribution in [3.8, 4) is 5.75 Å². The topological polar surface area (TPSA) is 35.2 Å². The molecule has 3 heteroatoms. The number of anilines is 1. The molecule has 0 aliphatic carbocycles. The highest BCUT2D eigenvalue weighted by Crippen LogP contribution is 2.17. The molecule has 0 amide bonds. The van der Waals surface area contributed by atoms with Crippen LogP contribution in [0.3, 0.4) is 0 Å². The SMILES string of the molecule is CC([Si])=C(C)Oc1cccc(N)c1. The molecule has 0 saturated carbocycles. The largest absolute Gasteiger partial charge is 0.462 e. The van der Waals surface area contributed by atoms with Crippen LogP contribution in [0.1, 0.15) is 13.8 Å². The van der Waals surface area contributed by atoms with Crippen LogP contribution in [-0.2, 0) is 0 Å². The molecule has 1 aromatic carbocycles. The van der Waals surface area contributed by atoms with Crippen LogP contribution in [0.4, 0.5) is 5.69 Å². The number of nitrogen functional groups attached to an aromatic ring is 1. The third kappa shape index (κ3) is 2.95. The molecule has 0 bridgehead atoms. The Balaban J connectivity index is 2.81. The van der Waals surface area contributed by atoms with E-state index < -0.39 is 0 Å². The van der Waals surface area contributed by atoms with Gasteiger partial charge in [-0.25, -0.2) is 0 Å². The number of nitrogens with two attached hydrogens (primary N) is 1. The van der Waals surface area contributed by atoms with Crippen molar-refractivity contribution in [2.45, 2.75) is 13.8 Å². The summed E-state index contributed by atoms with van der Waals surface area (Å²) in [6.45, 7) is 3.82. The molecule has 0 aromatic heterocycles. The summed E-state index contributed by atoms with van der Waals surface area (Å²) in [7, 11) is 3.39. The van der Waals surface area contributed by atoms with E-state index in [0.717, 1.165) is 16.7 Å². The molecule has 1 aromatic rings. The van der Waals surface area contributed by atoms with Gasteiger partial charge in [-0.15, -0.1) is 0 Å². The first-order chi connectivity index (χ1) is 6.09. The molecule has 0 aliphatic heterocycles. The maximum absolute atomic E-state index is 5.60. The number of hydrogen-bond acceptors (Lipinski definition) is 2. The van der Waals surface area contributed by atoms with Crippen LogP contribution in [0.2, 0.25) is 0 Å². The van der Waals surface area contributed by atoms with Crippen LogP contribution in [0.15, 0.2) is 35.2 Å². The molecule has 0 fully saturated rings. The van der Waals surface area contributed by atoms with E-state index in [0.29, 0.717) is 5.69 Å². The maximum atomic E-state index is 5.60. The van der Waals surface area contributed by atoms with Crippen LogP contribution in [0.25, 0.3) is 0 Å². The lowest BCUT2D eigenvalue weighted by atomic mass is 10.3. The van der Waals surface area contributed by atoms with E-state index in [1.807, 2.05) is 32.0 Å². The Kier molecular flexibility index (Phi) is 3.14. The van der Waals surface area contributed by atoms with Gasteiger partial charge in [0.1, 0.15) is 5.75 Å². The van der Waals surface area contributed by atoms with Gasteiger partial charge in [-0.1, -0.05) is 11.3 Å². The molecule has 2 N–H and O–H groups in total. The van der Waals surface area contributed by atoms with Crippen LogP contribution in [-0.4, -0.2) is 10.2 Å². The monoisotopic (exact) mass is 190 g/mol. The molecule has 0 saturated heterocycles. The number of allylic oxidation sites excluding steroid dienone is 2. The Labute approximate surface area is 81.8 Å². The average Bonchev–Trinajstić information content (AvgIpc) is 2.04. The molecular formula is C10H12NOSi. The Hall–Kier alpha value is -1.22. The van der Waals surface area contributed by atoms with E-state index >= 15 is 0 Å². The van der Waals surface area contributed by atoms with Crippen molar-refractivity contribution < 1.29 is 4.74 Å². The minimum atomic E-state index is 0.705. The molecule has 1 rings (SSSR count). The fourth-order valence-electron chi connectivity index (χ4n) is 0.831. The first-order valence-electron chi connectivity index (χ1n) is 4.02. The lowest BCUT2D eigenvalue weighted by molar-refractivity contribution is 0.425. The summed E-state index contributed by atoms with van der Waals surface area (Å²) in [5.41, 5.74) is 6.31. The maximum Gasteiger partial charge on any atom is 0.128 e. The van der Waals surface area contributed by atoms with Crippen molar-refractivity contribution in [3.63, 3.8) is 0 Å². The van der Waals surface area contributed by atoms with E-state index in [1.165, 1.54) is 0 Å². The molecule has 0 unspecified atom stereocenters. The highest BCUT2D eigenvalue weighted by molar-refractivity contribution is 6.21. The van der Waals surface area contributed by atoms with Gasteiger partial charge in [0, 0.05) is 11.8 Å². The smallest absolute Gasteiger partial charge is 0.128 e. The summed E-state index contributed by atoms with van der Waals surface area (Å²) < 4.78 is 5.51. The highest BCUT2D eigenvalue weighted by Gasteiger charge is 1.96. The fraction of sp³-hybridized carbons (Fsp3) is 0.200. The van der Waals surface area contributed by atoms with Gasteiger partial charge in [-0.3, -0.25) is 0 Å². The summed E-state index contributed by atoms with van der Waals surface area (Å²) >= 11 is 0. The van der Waals surface area contributed by atoms with Crippen LogP contribution < -0.4 is 10.5 Å². The second kappa shape index (κ2) is 4.14. The van der Waals surface area contributed by atoms with Crippen molar-refractivity contribution in [3.05, 3.63) is 35.2 Å². The van der Waals surface area contributed by atoms with Gasteiger partial charge in [0.15, 0.2) is 0 Å². The van der Waals surface area contributed by atoms with Crippen molar-refractivity contribution in [2.24, 2.45) is 0 Å². The molecule has 2 nitrogen and oxygen atoms in total. The van der Waals surface area contributed by atoms with Crippen LogP contribution >= 0.6 is 0 Å². The predicted octanol–water partition coefficient (Wildman–Crippen LogP) is 2.07. The third-order valence-electron chi connectivity index (χ3n) is 1.66. The zero-order valence-corrected chi connectivity index (χ0v) is 8.79. The van der Waals surface area contributed by atoms with Gasteiger partial charge >= 0.3 is 0 Å². The molecule has 0 heterocycles. The third-order valence-corrected chi connectivity index (χ3v) is 2.01. The van der Waals surface area contributed by atoms with Gasteiger partial charge < -0.3 is 10.5 Å². The summed E-state index contributed by atoms with van der Waals surface area (Å²) in [5.74, 6) is 1.59. The van der Waals surface area contributed by atoms with Gasteiger partial charge in [0.2, 0.25) is 0 Å². The van der Waals surface area contributed by atoms with Crippen molar-refractivity contribution in [1.29, 1.82) is 0 Å². The first-order valence-corrected chi connectivity index (χ1v) is 4.52. The normalized spacial score (nSPS) is 12.2. The van der Waals surface area contributed by atoms with Gasteiger partial charge in [-0.2, -0.15) is 0 Å². The van der Waals surface area contributed by atoms with E-state index in [4.69, 9.17) is 10.5 Å². The fourth-order valence-corrected chi connectivity index (χ4v) is 0.882. The lowest BCUT2D eigenvalue weighted by Gasteiger charge is -2.07. The first kappa shape index (κ1) is 9.86. The van der Waals surface area contributed by atoms with Gasteiger partial charge in [0.25, 0.3) is 0 Å². The van der Waals surface area contributed by atoms with Crippen molar-refractivity contribution in [1.82, 2.24) is 0 Å². The van der Waals surface area contributed by atoms with Crippen molar-refractivity contribution in [2.75, 3.05) is 5.73 Å². The zero-order chi connectivity index (χ0) is 9.84. The number of rotatable bonds is 2. The standard InChI is InChI=1S/C10H12NOSi/c1-7(8(2)13)12-10-5-3-4-9(11)6-10/h3-6H,11H2,1-2H3. The number of hydrogen-bond donors (Lipinski definition) is 1. The molecular weight excluding hydrogens is 178 g/mol. The van der Waals surface area contributed by atoms with Gasteiger partial charge in [-0.05, 0) is 26.0 Å². The summed E-state index contributed by atoms with van der Waals surface area (Å²) in [6.07, 6.45) is 0. The Bertz CT molecular complexity index is 329. The average molecular weight is 190 g/mol. The number of benzene rings is 1. The van der Waals surface area contributed by atoms with Crippen LogP contribution in [0, 0.1) is 0 Å². The number of ether oxygens (including phenoxy) is 1. The second-order valence-electron chi connectivity index (χ2n) is 2.86. The quantitative estimate of drug-likeness (QED) is 0.440. The molecule has 67 valence electrons.